The van der Waals surface area contributed by atoms with Crippen LogP contribution in [0.3, 0.4) is 0 Å². The van der Waals surface area contributed by atoms with Crippen molar-refractivity contribution < 1.29 is 72.8 Å². The van der Waals surface area contributed by atoms with E-state index in [0.29, 0.717) is 0 Å². The molecule has 0 saturated carbocycles. The first kappa shape index (κ1) is 20.0. The molecule has 9 nitrogen and oxygen atoms in total. The Morgan fingerprint density at radius 1 is 1.06 bits per heavy atom. The first-order valence-electron chi connectivity index (χ1n) is 4.03. The van der Waals surface area contributed by atoms with Crippen LogP contribution in [0.15, 0.2) is 0 Å². The molecule has 1 heterocycles. The smallest absolute Gasteiger partial charge is 0.870 e. The van der Waals surface area contributed by atoms with E-state index < -0.39 is 48.3 Å². The van der Waals surface area contributed by atoms with Gasteiger partial charge in [0.25, 0.3) is 0 Å². The molecule has 2 unspecified atom stereocenters. The third kappa shape index (κ3) is 5.44. The maximum Gasteiger partial charge on any atom is 1.00 e. The summed E-state index contributed by atoms with van der Waals surface area (Å²) in [5.41, 5.74) is 0. The molecule has 1 fully saturated rings. The Morgan fingerprint density at radius 3 is 2.06 bits per heavy atom. The molecule has 0 aromatic carbocycles. The van der Waals surface area contributed by atoms with E-state index in [-0.39, 0.29) is 35.0 Å². The van der Waals surface area contributed by atoms with E-state index >= 15 is 0 Å². The first-order chi connectivity index (χ1) is 6.93. The van der Waals surface area contributed by atoms with Crippen LogP contribution in [0.5, 0.6) is 0 Å². The fourth-order valence-electron chi connectivity index (χ4n) is 1.19. The van der Waals surface area contributed by atoms with Crippen molar-refractivity contribution in [3.05, 3.63) is 0 Å². The van der Waals surface area contributed by atoms with Gasteiger partial charge >= 0.3 is 29.6 Å². The van der Waals surface area contributed by atoms with Crippen LogP contribution in [0.2, 0.25) is 0 Å². The molecule has 5 atom stereocenters. The van der Waals surface area contributed by atoms with E-state index in [9.17, 15) is 18.6 Å². The van der Waals surface area contributed by atoms with Crippen LogP contribution in [0.4, 0.5) is 0 Å². The average molecular weight is 283 g/mol. The van der Waals surface area contributed by atoms with E-state index in [0.717, 1.165) is 0 Å². The third-order valence-corrected chi connectivity index (χ3v) is 2.34. The van der Waals surface area contributed by atoms with Gasteiger partial charge in [-0.2, -0.15) is 0 Å². The van der Waals surface area contributed by atoms with E-state index in [4.69, 9.17) is 10.2 Å². The van der Waals surface area contributed by atoms with Gasteiger partial charge in [-0.15, -0.1) is 0 Å². The molecule has 17 heavy (non-hydrogen) atoms. The molecule has 98 valence electrons. The van der Waals surface area contributed by atoms with E-state index in [2.05, 4.69) is 8.92 Å². The van der Waals surface area contributed by atoms with Crippen molar-refractivity contribution in [2.45, 2.75) is 30.7 Å². The van der Waals surface area contributed by atoms with Crippen molar-refractivity contribution >= 4 is 11.0 Å². The summed E-state index contributed by atoms with van der Waals surface area (Å²) in [4.78, 5) is 0. The van der Waals surface area contributed by atoms with Crippen LogP contribution in [0.1, 0.15) is 0 Å². The van der Waals surface area contributed by atoms with Crippen molar-refractivity contribution in [3.8, 4) is 0 Å². The second kappa shape index (κ2) is 8.72. The molecular weight excluding hydrogens is 271 g/mol. The fourth-order valence-corrected chi connectivity index (χ4v) is 1.44. The maximum absolute atomic E-state index is 10.0. The van der Waals surface area contributed by atoms with Crippen LogP contribution in [-0.2, 0) is 28.3 Å². The van der Waals surface area contributed by atoms with Crippen LogP contribution < -0.4 is 29.6 Å². The topological polar surface area (TPSA) is 164 Å². The van der Waals surface area contributed by atoms with Crippen molar-refractivity contribution in [2.75, 3.05) is 6.61 Å². The standard InChI is InChI=1S/C6H11O8S.Na.H2O/c7-3-2(1-13-15(11)12)14-6(10)5(9)4(3)8;;/h2-10H,1H2;;1H2/q-1;+1;/p-1/t2?,3-,4+,5?,6+;;/m0../s1. The Balaban J connectivity index is 0. The van der Waals surface area contributed by atoms with Gasteiger partial charge in [-0.25, -0.2) is 0 Å². The molecule has 1 rings (SSSR count). The van der Waals surface area contributed by atoms with Crippen molar-refractivity contribution in [2.24, 2.45) is 0 Å². The molecule has 0 bridgehead atoms. The Morgan fingerprint density at radius 2 is 1.59 bits per heavy atom. The summed E-state index contributed by atoms with van der Waals surface area (Å²) in [6.07, 6.45) is -7.73. The molecule has 0 radical (unpaired) electrons. The molecular formula is C6H12NaO9S-. The van der Waals surface area contributed by atoms with Gasteiger partial charge in [0.2, 0.25) is 0 Å². The fraction of sp³-hybridized carbons (Fsp3) is 1.00. The van der Waals surface area contributed by atoms with Gasteiger partial charge in [-0.3, -0.25) is 0 Å². The molecule has 1 aliphatic rings. The summed E-state index contributed by atoms with van der Waals surface area (Å²) in [5.74, 6) is 0. The molecule has 0 amide bonds. The SMILES string of the molecule is O=[S-](=O)OCC1O[C@@H](O)C(O)[C@H](O)[C@H]1O.[Na+].[OH-]. The van der Waals surface area contributed by atoms with Crippen molar-refractivity contribution in [3.63, 3.8) is 0 Å². The Kier molecular flexibility index (Phi) is 10.3. The van der Waals surface area contributed by atoms with E-state index in [1.54, 1.807) is 0 Å². The quantitative estimate of drug-likeness (QED) is 0.291. The zero-order valence-corrected chi connectivity index (χ0v) is 11.7. The van der Waals surface area contributed by atoms with Gasteiger partial charge in [-0.1, -0.05) is 0 Å². The third-order valence-electron chi connectivity index (χ3n) is 2.02. The summed E-state index contributed by atoms with van der Waals surface area (Å²) in [6, 6.07) is 0. The van der Waals surface area contributed by atoms with Gasteiger partial charge in [0, 0.05) is 0 Å². The molecule has 1 saturated heterocycles. The monoisotopic (exact) mass is 283 g/mol. The second-order valence-corrected chi connectivity index (χ2v) is 3.67. The van der Waals surface area contributed by atoms with Crippen molar-refractivity contribution in [1.29, 1.82) is 0 Å². The summed E-state index contributed by atoms with van der Waals surface area (Å²) >= 11 is 0. The number of hydrogen-bond acceptors (Lipinski definition) is 10. The van der Waals surface area contributed by atoms with Gasteiger partial charge in [0.15, 0.2) is 6.29 Å². The average Bonchev–Trinajstić information content (AvgIpc) is 2.18. The van der Waals surface area contributed by atoms with Gasteiger partial charge in [0.1, 0.15) is 24.4 Å². The van der Waals surface area contributed by atoms with Gasteiger partial charge in [0.05, 0.1) is 17.6 Å². The molecule has 0 spiro atoms. The van der Waals surface area contributed by atoms with Crippen LogP contribution >= 0.6 is 0 Å². The number of aliphatic hydroxyl groups excluding tert-OH is 4. The zero-order chi connectivity index (χ0) is 11.6. The number of ether oxygens (including phenoxy) is 1. The Bertz CT molecular complexity index is 277. The Labute approximate surface area is 121 Å². The number of aliphatic hydroxyl groups is 4. The minimum Gasteiger partial charge on any atom is -0.870 e. The van der Waals surface area contributed by atoms with E-state index in [1.165, 1.54) is 0 Å². The first-order valence-corrected chi connectivity index (χ1v) is 5.03. The van der Waals surface area contributed by atoms with Gasteiger partial charge < -0.3 is 43.2 Å². The number of hydrogen-bond donors (Lipinski definition) is 4. The molecule has 1 aliphatic heterocycles. The Hall–Kier alpha value is 0.670. The van der Waals surface area contributed by atoms with Crippen LogP contribution in [0, 0.1) is 0 Å². The van der Waals surface area contributed by atoms with Crippen LogP contribution in [0.25, 0.3) is 0 Å². The second-order valence-electron chi connectivity index (χ2n) is 3.03. The van der Waals surface area contributed by atoms with Gasteiger partial charge in [-0.05, 0) is 0 Å². The minimum absolute atomic E-state index is 0. The predicted molar refractivity (Wildman–Crippen MR) is 45.5 cm³/mol. The zero-order valence-electron chi connectivity index (χ0n) is 8.87. The summed E-state index contributed by atoms with van der Waals surface area (Å²) in [6.45, 7) is -0.557. The molecule has 5 N–H and O–H groups in total. The number of rotatable bonds is 3. The molecule has 0 aromatic rings. The largest absolute Gasteiger partial charge is 1.00 e. The summed E-state index contributed by atoms with van der Waals surface area (Å²) in [5, 5.41) is 36.6. The summed E-state index contributed by atoms with van der Waals surface area (Å²) in [7, 11) is -2.78. The van der Waals surface area contributed by atoms with Crippen molar-refractivity contribution in [1.82, 2.24) is 0 Å². The molecule has 0 aliphatic carbocycles. The molecule has 0 aromatic heterocycles. The molecule has 11 heteroatoms. The van der Waals surface area contributed by atoms with Crippen LogP contribution in [-0.4, -0.2) is 63.2 Å². The van der Waals surface area contributed by atoms with E-state index in [1.807, 2.05) is 0 Å². The predicted octanol–water partition coefficient (Wildman–Crippen LogP) is -6.15. The maximum atomic E-state index is 10.0. The minimum atomic E-state index is -2.78. The normalized spacial score (nSPS) is 37.1. The summed E-state index contributed by atoms with van der Waals surface area (Å²) < 4.78 is 28.8.